The second-order valence-electron chi connectivity index (χ2n) is 31.6. The maximum absolute atomic E-state index is 10.8. The SMILES string of the molecule is CC#N.CC#N.CC1c2cc(c(O)cc2O)C(C)c2cc(c(O)cc2O)C(C)c2cc(c(O)cc2O)C(C)c2cc1c(O)cc2O.CC1c2cc(c(O)cc2O)C(C)c2cc(c(O)cc2O)C(C)c2cc(c(O)cc2O)C(C)c2cc1c(O)cc2O.c1cc(CCc2ccncc2)ccn1.c1cc(CCc2ccncc2)ccn1.c1cc(CCc2ccncc2)ccn1. The molecule has 24 heteroatoms. The van der Waals surface area contributed by atoms with Crippen LogP contribution in [0.1, 0.15) is 239 Å². The first-order valence-electron chi connectivity index (χ1n) is 41.7. The second kappa shape index (κ2) is 43.7. The Hall–Kier alpha value is -15.6. The van der Waals surface area contributed by atoms with E-state index in [0.29, 0.717) is 89.0 Å². The lowest BCUT2D eigenvalue weighted by Crippen LogP contribution is -2.07. The van der Waals surface area contributed by atoms with E-state index in [2.05, 4.69) is 103 Å². The molecule has 16 rings (SSSR count). The van der Waals surface area contributed by atoms with E-state index < -0.39 is 47.3 Å². The number of aryl methyl sites for hydroxylation is 6. The van der Waals surface area contributed by atoms with Gasteiger partial charge in [-0.1, -0.05) is 55.4 Å². The quantitative estimate of drug-likeness (QED) is 0.0638. The van der Waals surface area contributed by atoms with E-state index in [9.17, 15) is 81.7 Å². The van der Waals surface area contributed by atoms with Crippen LogP contribution in [-0.2, 0) is 38.5 Å². The van der Waals surface area contributed by atoms with Crippen LogP contribution >= 0.6 is 0 Å². The maximum atomic E-state index is 10.8. The van der Waals surface area contributed by atoms with Crippen LogP contribution in [0.15, 0.2) is 244 Å². The molecule has 0 unspecified atom stereocenters. The number of aromatic nitrogens is 6. The molecule has 0 radical (unpaired) electrons. The molecule has 8 aromatic carbocycles. The monoisotopic (exact) mass is 1720 g/mol. The fraction of sp³-hybridized carbons (Fsp3) is 0.231. The summed E-state index contributed by atoms with van der Waals surface area (Å²) < 4.78 is 0. The minimum Gasteiger partial charge on any atom is -0.508 e. The summed E-state index contributed by atoms with van der Waals surface area (Å²) in [4.78, 5) is 23.9. The predicted octanol–water partition coefficient (Wildman–Crippen LogP) is 20.3. The molecule has 24 nitrogen and oxygen atoms in total. The van der Waals surface area contributed by atoms with E-state index in [1.165, 1.54) is 95.8 Å². The van der Waals surface area contributed by atoms with Gasteiger partial charge in [0, 0.05) is 273 Å². The molecule has 6 aromatic heterocycles. The molecule has 0 saturated carbocycles. The highest BCUT2D eigenvalue weighted by Crippen LogP contribution is 2.53. The van der Waals surface area contributed by atoms with Gasteiger partial charge in [-0.3, -0.25) is 29.9 Å². The van der Waals surface area contributed by atoms with E-state index in [4.69, 9.17) is 10.5 Å². The van der Waals surface area contributed by atoms with Gasteiger partial charge in [-0.2, -0.15) is 10.5 Å². The average Bonchev–Trinajstić information content (AvgIpc) is 0.764. The van der Waals surface area contributed by atoms with Gasteiger partial charge in [-0.15, -0.1) is 0 Å². The zero-order valence-corrected chi connectivity index (χ0v) is 72.7. The largest absolute Gasteiger partial charge is 0.508 e. The van der Waals surface area contributed by atoms with Gasteiger partial charge in [0.15, 0.2) is 0 Å². The van der Waals surface area contributed by atoms with Crippen molar-refractivity contribution >= 4 is 0 Å². The molecule has 0 fully saturated rings. The molecule has 0 saturated heterocycles. The van der Waals surface area contributed by atoms with Crippen molar-refractivity contribution in [3.8, 4) is 104 Å². The molecule has 658 valence electrons. The molecule has 6 heterocycles. The third kappa shape index (κ3) is 23.1. The summed E-state index contributed by atoms with van der Waals surface area (Å²) in [5.41, 5.74) is 14.3. The highest BCUT2D eigenvalue weighted by Gasteiger charge is 2.33. The molecular weight excluding hydrogens is 1620 g/mol. The predicted molar refractivity (Wildman–Crippen MR) is 489 cm³/mol. The molecule has 2 aliphatic rings. The molecule has 14 aromatic rings. The third-order valence-corrected chi connectivity index (χ3v) is 23.5. The first-order chi connectivity index (χ1) is 61.3. The van der Waals surface area contributed by atoms with Crippen molar-refractivity contribution in [2.24, 2.45) is 0 Å². The topological polar surface area (TPSA) is 449 Å². The minimum atomic E-state index is -0.598. The maximum Gasteiger partial charge on any atom is 0.123 e. The first-order valence-corrected chi connectivity index (χ1v) is 41.7. The van der Waals surface area contributed by atoms with E-state index in [-0.39, 0.29) is 92.0 Å². The molecule has 0 spiro atoms. The number of benzene rings is 8. The van der Waals surface area contributed by atoms with Crippen molar-refractivity contribution in [2.75, 3.05) is 0 Å². The van der Waals surface area contributed by atoms with Crippen molar-refractivity contribution in [2.45, 2.75) is 155 Å². The van der Waals surface area contributed by atoms with Crippen molar-refractivity contribution in [3.05, 3.63) is 367 Å². The minimum absolute atomic E-state index is 0.200. The van der Waals surface area contributed by atoms with Gasteiger partial charge in [-0.05, 0) is 193 Å². The molecule has 0 atom stereocenters. The number of aromatic hydroxyl groups is 16. The standard InChI is InChI=1S/2C32H32O8.3C12H12N2.2C2H3N/c2*1-13-17-5-19(27(35)9-25(17)33)14(2)21-7-23(31(39)11-29(21)37)16(4)24-8-22(30(38)12-32(24)40)15(3)20-6-18(13)26(34)10-28(20)36;3*1(11-3-7-13-8-4-11)2-12-5-9-14-10-6-12;2*1-2-3/h2*5-16,33-40H,1-4H3;3*3-10H,1-2H2;2*1H3. The van der Waals surface area contributed by atoms with E-state index in [0.717, 1.165) is 38.5 Å². The summed E-state index contributed by atoms with van der Waals surface area (Å²) in [5.74, 6) is -7.98. The molecule has 128 heavy (non-hydrogen) atoms. The van der Waals surface area contributed by atoms with Crippen LogP contribution in [0.4, 0.5) is 0 Å². The van der Waals surface area contributed by atoms with Gasteiger partial charge >= 0.3 is 0 Å². The normalized spacial score (nSPS) is 16.1. The molecule has 0 amide bonds. The summed E-state index contributed by atoms with van der Waals surface area (Å²) in [7, 11) is 0. The lowest BCUT2D eigenvalue weighted by molar-refractivity contribution is 0.425. The Bertz CT molecular complexity index is 4950. The number of rotatable bonds is 9. The average molecular weight is 1720 g/mol. The number of fused-ring (bicyclic) bond motifs is 16. The third-order valence-electron chi connectivity index (χ3n) is 23.5. The van der Waals surface area contributed by atoms with Crippen molar-refractivity contribution in [1.29, 1.82) is 10.5 Å². The summed E-state index contributed by atoms with van der Waals surface area (Å²) in [6.45, 7) is 17.0. The Morgan fingerprint density at radius 3 is 0.336 bits per heavy atom. The van der Waals surface area contributed by atoms with Crippen LogP contribution in [0.5, 0.6) is 92.0 Å². The number of phenolic OH excluding ortho intramolecular Hbond substituents is 16. The molecule has 16 bridgehead atoms. The van der Waals surface area contributed by atoms with Gasteiger partial charge < -0.3 is 81.7 Å². The Morgan fingerprint density at radius 1 is 0.180 bits per heavy atom. The van der Waals surface area contributed by atoms with E-state index in [1.807, 2.05) is 74.4 Å². The molecular formula is C104H106N8O16. The number of hydrogen-bond acceptors (Lipinski definition) is 24. The molecule has 16 N–H and O–H groups in total. The van der Waals surface area contributed by atoms with Crippen molar-refractivity contribution in [3.63, 3.8) is 0 Å². The van der Waals surface area contributed by atoms with E-state index >= 15 is 0 Å². The summed E-state index contributed by atoms with van der Waals surface area (Å²) in [6.07, 6.45) is 28.4. The fourth-order valence-corrected chi connectivity index (χ4v) is 15.9. The van der Waals surface area contributed by atoms with Crippen molar-refractivity contribution in [1.82, 2.24) is 29.9 Å². The summed E-state index contributed by atoms with van der Waals surface area (Å²) in [6, 6.07) is 50.7. The Morgan fingerprint density at radius 2 is 0.258 bits per heavy atom. The lowest BCUT2D eigenvalue weighted by atomic mass is 9.81. The number of nitriles is 2. The van der Waals surface area contributed by atoms with Crippen LogP contribution in [0.3, 0.4) is 0 Å². The van der Waals surface area contributed by atoms with Crippen molar-refractivity contribution < 1.29 is 81.7 Å². The number of pyridine rings is 6. The highest BCUT2D eigenvalue weighted by atomic mass is 16.3. The molecule has 2 aliphatic carbocycles. The Balaban J connectivity index is 0.000000178. The summed E-state index contributed by atoms with van der Waals surface area (Å²) >= 11 is 0. The summed E-state index contributed by atoms with van der Waals surface area (Å²) in [5, 5.41) is 188. The van der Waals surface area contributed by atoms with Gasteiger partial charge in [-0.25, -0.2) is 0 Å². The fourth-order valence-electron chi connectivity index (χ4n) is 15.9. The number of phenols is 16. The Kier molecular flexibility index (Phi) is 32.3. The smallest absolute Gasteiger partial charge is 0.123 e. The first kappa shape index (κ1) is 94.7. The van der Waals surface area contributed by atoms with Crippen LogP contribution in [0.2, 0.25) is 0 Å². The van der Waals surface area contributed by atoms with E-state index in [1.54, 1.807) is 116 Å². The van der Waals surface area contributed by atoms with Crippen LogP contribution in [0, 0.1) is 22.7 Å². The zero-order valence-electron chi connectivity index (χ0n) is 72.7. The van der Waals surface area contributed by atoms with Gasteiger partial charge in [0.05, 0.1) is 12.1 Å². The zero-order chi connectivity index (χ0) is 92.7. The number of hydrogen-bond donors (Lipinski definition) is 16. The number of nitrogens with zero attached hydrogens (tertiary/aromatic N) is 8. The van der Waals surface area contributed by atoms with Crippen LogP contribution in [0.25, 0.3) is 0 Å². The Labute approximate surface area is 743 Å². The van der Waals surface area contributed by atoms with Gasteiger partial charge in [0.2, 0.25) is 0 Å². The molecule has 0 aliphatic heterocycles. The van der Waals surface area contributed by atoms with Crippen LogP contribution in [-0.4, -0.2) is 112 Å². The highest BCUT2D eigenvalue weighted by molar-refractivity contribution is 5.65. The van der Waals surface area contributed by atoms with Crippen LogP contribution < -0.4 is 0 Å². The lowest BCUT2D eigenvalue weighted by Gasteiger charge is -2.25. The van der Waals surface area contributed by atoms with Gasteiger partial charge in [0.25, 0.3) is 0 Å². The van der Waals surface area contributed by atoms with Gasteiger partial charge in [0.1, 0.15) is 92.0 Å². The second-order valence-corrected chi connectivity index (χ2v) is 31.6.